The molecule has 0 saturated carbocycles. The average Bonchev–Trinajstić information content (AvgIpc) is 3.23. The number of hydrogen-bond acceptors (Lipinski definition) is 12. The van der Waals surface area contributed by atoms with Crippen LogP contribution in [0.5, 0.6) is 0 Å². The summed E-state index contributed by atoms with van der Waals surface area (Å²) in [6.45, 7) is -1.58. The summed E-state index contributed by atoms with van der Waals surface area (Å²) in [5, 5.41) is 20.9. The fraction of sp³-hybridized carbons (Fsp3) is 0.842. The number of hydrogen-bond donors (Lipinski definition) is 0. The Morgan fingerprint density at radius 2 is 0.441 bits per heavy atom. The van der Waals surface area contributed by atoms with Crippen LogP contribution in [0, 0.1) is 0 Å². The Kier molecular flexibility index (Phi) is 34.0. The SMILES string of the molecule is CCCCCCCCCCCCCCCC[B-]12O/N=C(Cl)/C(Cl)=N/O[B-](CCCCCCCCCCCCCCCC)(O/N=C(Cl)/C(Cl)=N/O1)O/N=C(Cl)/C(Cl)=N/O2.[Co+2]. The number of unbranched alkanes of at least 4 members (excludes halogenated alkanes) is 26. The maximum Gasteiger partial charge on any atom is 2.00 e. The number of rotatable bonds is 30. The number of fused-ring (bicyclic) bond motifs is 9. The summed E-state index contributed by atoms with van der Waals surface area (Å²) in [5.41, 5.74) is 0. The van der Waals surface area contributed by atoms with Gasteiger partial charge in [-0.15, -0.1) is 30.9 Å². The average molecular weight is 996 g/mol. The Bertz CT molecular complexity index is 1130. The first-order chi connectivity index (χ1) is 28.2. The van der Waals surface area contributed by atoms with Crippen LogP contribution in [-0.2, 0) is 45.3 Å². The standard InChI is InChI=1S/C38H66B2Cl6N6O6.Co/c1-3-5-7-9-11-13-15-17-19-21-23-25-27-29-31-39-53-47-33(41)36(44)50-56-40(57-51-37(45)34(42)48-54-39,58-52-38(46)35(43)49-55-39)32-30-28-26-24-22-20-18-16-14-12-10-8-6-4-2;/h3-32H2,1-2H3;/q-2;+2/b47-33-,48-34-,49-35-,50-36-,51-37-,52-38-;. The van der Waals surface area contributed by atoms with Crippen molar-refractivity contribution < 1.29 is 45.3 Å². The van der Waals surface area contributed by atoms with E-state index in [4.69, 9.17) is 98.1 Å². The Balaban J connectivity index is 0.0000174. The number of nitrogens with zero attached hydrogens (tertiary/aromatic N) is 6. The molecule has 3 aliphatic heterocycles. The van der Waals surface area contributed by atoms with Crippen molar-refractivity contribution in [3.63, 3.8) is 0 Å². The molecule has 3 rings (SSSR count). The van der Waals surface area contributed by atoms with Gasteiger partial charge in [-0.1, -0.05) is 276 Å². The molecule has 341 valence electrons. The topological polar surface area (TPSA) is 130 Å². The van der Waals surface area contributed by atoms with Gasteiger partial charge in [0.1, 0.15) is 0 Å². The second-order valence-corrected chi connectivity index (χ2v) is 17.4. The van der Waals surface area contributed by atoms with Crippen molar-refractivity contribution in [2.45, 2.75) is 206 Å². The zero-order chi connectivity index (χ0) is 42.2. The third-order valence-corrected chi connectivity index (χ3v) is 11.9. The van der Waals surface area contributed by atoms with Crippen LogP contribution < -0.4 is 0 Å². The second kappa shape index (κ2) is 35.6. The van der Waals surface area contributed by atoms with Crippen LogP contribution >= 0.6 is 69.6 Å². The molecule has 0 aromatic rings. The van der Waals surface area contributed by atoms with Crippen molar-refractivity contribution >= 4 is 114 Å². The second-order valence-electron chi connectivity index (χ2n) is 15.3. The minimum Gasteiger partial charge on any atom is -0.539 e. The summed E-state index contributed by atoms with van der Waals surface area (Å²) in [7, 11) is 0. The number of oxime groups is 6. The molecule has 3 heterocycles. The van der Waals surface area contributed by atoms with Gasteiger partial charge in [-0.2, -0.15) is 0 Å². The Hall–Kier alpha value is -0.804. The van der Waals surface area contributed by atoms with E-state index >= 15 is 0 Å². The largest absolute Gasteiger partial charge is 2.00 e. The van der Waals surface area contributed by atoms with E-state index in [1.165, 1.54) is 116 Å². The summed E-state index contributed by atoms with van der Waals surface area (Å²) < 4.78 is 34.3. The van der Waals surface area contributed by atoms with E-state index < -0.39 is 44.5 Å². The van der Waals surface area contributed by atoms with Gasteiger partial charge in [0.15, 0.2) is 0 Å². The van der Waals surface area contributed by atoms with Gasteiger partial charge in [0.05, 0.1) is 0 Å². The van der Waals surface area contributed by atoms with E-state index in [1.54, 1.807) is 0 Å². The molecular weight excluding hydrogens is 930 g/mol. The van der Waals surface area contributed by atoms with Gasteiger partial charge >= 0.3 is 30.3 Å². The monoisotopic (exact) mass is 993 g/mol. The Morgan fingerprint density at radius 1 is 0.288 bits per heavy atom. The van der Waals surface area contributed by atoms with Crippen molar-refractivity contribution in [3.8, 4) is 0 Å². The Morgan fingerprint density at radius 3 is 0.610 bits per heavy atom. The maximum atomic E-state index is 6.37. The predicted molar refractivity (Wildman–Crippen MR) is 248 cm³/mol. The molecule has 0 spiro atoms. The minimum absolute atomic E-state index is 0. The summed E-state index contributed by atoms with van der Waals surface area (Å²) >= 11 is 38.2. The Labute approximate surface area is 394 Å². The van der Waals surface area contributed by atoms with Crippen LogP contribution in [0.3, 0.4) is 0 Å². The van der Waals surface area contributed by atoms with Gasteiger partial charge in [0, 0.05) is 0 Å². The van der Waals surface area contributed by atoms with Crippen molar-refractivity contribution in [1.82, 2.24) is 0 Å². The number of halogens is 6. The van der Waals surface area contributed by atoms with Gasteiger partial charge in [0.25, 0.3) is 0 Å². The first kappa shape index (κ1) is 56.2. The molecule has 0 aromatic heterocycles. The van der Waals surface area contributed by atoms with Crippen LogP contribution in [0.1, 0.15) is 194 Å². The molecule has 12 nitrogen and oxygen atoms in total. The van der Waals surface area contributed by atoms with Gasteiger partial charge < -0.3 is 28.5 Å². The molecule has 0 N–H and O–H groups in total. The molecule has 0 aliphatic carbocycles. The van der Waals surface area contributed by atoms with Gasteiger partial charge in [0.2, 0.25) is 31.0 Å². The third-order valence-electron chi connectivity index (χ3n) is 10.1. The fourth-order valence-electron chi connectivity index (χ4n) is 6.59. The molecule has 59 heavy (non-hydrogen) atoms. The smallest absolute Gasteiger partial charge is 0.539 e. The summed E-state index contributed by atoms with van der Waals surface area (Å²) in [6.07, 6.45) is 32.9. The van der Waals surface area contributed by atoms with E-state index in [9.17, 15) is 0 Å². The van der Waals surface area contributed by atoms with Crippen molar-refractivity contribution in [3.05, 3.63) is 0 Å². The van der Waals surface area contributed by atoms with E-state index in [2.05, 4.69) is 44.8 Å². The van der Waals surface area contributed by atoms with E-state index in [1.807, 2.05) is 0 Å². The zero-order valence-corrected chi connectivity index (χ0v) is 40.7. The summed E-state index contributed by atoms with van der Waals surface area (Å²) in [5.74, 6) is 0. The predicted octanol–water partition coefficient (Wildman–Crippen LogP) is 15.3. The van der Waals surface area contributed by atoms with E-state index in [-0.39, 0.29) is 29.4 Å². The van der Waals surface area contributed by atoms with Gasteiger partial charge in [-0.25, -0.2) is 0 Å². The van der Waals surface area contributed by atoms with Crippen LogP contribution in [0.15, 0.2) is 30.9 Å². The molecule has 21 heteroatoms. The molecule has 0 saturated heterocycles. The van der Waals surface area contributed by atoms with Crippen LogP contribution in [0.25, 0.3) is 0 Å². The summed E-state index contributed by atoms with van der Waals surface area (Å²) in [6, 6.07) is 0. The molecule has 0 atom stereocenters. The van der Waals surface area contributed by atoms with Crippen molar-refractivity contribution in [2.75, 3.05) is 0 Å². The van der Waals surface area contributed by atoms with E-state index in [0.29, 0.717) is 12.8 Å². The fourth-order valence-corrected chi connectivity index (χ4v) is 7.04. The van der Waals surface area contributed by atoms with Crippen LogP contribution in [-0.4, -0.2) is 44.5 Å². The van der Waals surface area contributed by atoms with Crippen LogP contribution in [0.4, 0.5) is 0 Å². The first-order valence-electron chi connectivity index (χ1n) is 22.0. The van der Waals surface area contributed by atoms with Crippen LogP contribution in [0.2, 0.25) is 12.6 Å². The first-order valence-corrected chi connectivity index (χ1v) is 24.2. The summed E-state index contributed by atoms with van der Waals surface area (Å²) in [4.78, 5) is 0. The minimum atomic E-state index is -3.03. The molecule has 0 fully saturated rings. The molecule has 3 aliphatic rings. The quantitative estimate of drug-likeness (QED) is 0.0520. The molecular formula is C38H66B2Cl6CoN6O6. The zero-order valence-electron chi connectivity index (χ0n) is 35.1. The molecule has 1 radical (unpaired) electrons. The van der Waals surface area contributed by atoms with Gasteiger partial charge in [-0.05, 0) is 0 Å². The van der Waals surface area contributed by atoms with Crippen molar-refractivity contribution in [2.24, 2.45) is 30.9 Å². The van der Waals surface area contributed by atoms with Gasteiger partial charge in [-0.3, -0.25) is 0 Å². The van der Waals surface area contributed by atoms with E-state index in [0.717, 1.165) is 51.4 Å². The maximum absolute atomic E-state index is 6.37. The molecule has 0 unspecified atom stereocenters. The molecule has 0 amide bonds. The normalized spacial score (nSPS) is 25.2. The third kappa shape index (κ3) is 26.4. The van der Waals surface area contributed by atoms with Crippen molar-refractivity contribution in [1.29, 1.82) is 0 Å². The molecule has 2 bridgehead atoms. The molecule has 0 aromatic carbocycles.